The zero-order chi connectivity index (χ0) is 14.4. The molecule has 0 unspecified atom stereocenters. The summed E-state index contributed by atoms with van der Waals surface area (Å²) in [6.45, 7) is 21.6. The minimum atomic E-state index is -1.33. The summed E-state index contributed by atoms with van der Waals surface area (Å²) in [6, 6.07) is 0. The fourth-order valence-electron chi connectivity index (χ4n) is 1.53. The molecule has 0 aromatic carbocycles. The van der Waals surface area contributed by atoms with Crippen LogP contribution >= 0.6 is 0 Å². The van der Waals surface area contributed by atoms with Crippen molar-refractivity contribution in [3.63, 3.8) is 0 Å². The van der Waals surface area contributed by atoms with Crippen molar-refractivity contribution in [1.82, 2.24) is 13.2 Å². The van der Waals surface area contributed by atoms with Crippen molar-refractivity contribution < 1.29 is 0 Å². The molecule has 1 aliphatic heterocycles. The minimum absolute atomic E-state index is 1.33. The van der Waals surface area contributed by atoms with E-state index in [9.17, 15) is 0 Å². The van der Waals surface area contributed by atoms with Crippen LogP contribution in [0, 0.1) is 0 Å². The molecule has 0 bridgehead atoms. The van der Waals surface area contributed by atoms with Crippen LogP contribution in [0.15, 0.2) is 0 Å². The predicted molar refractivity (Wildman–Crippen MR) is 92.8 cm³/mol. The Labute approximate surface area is 119 Å². The van der Waals surface area contributed by atoms with E-state index in [1.54, 1.807) is 0 Å². The van der Waals surface area contributed by atoms with Crippen molar-refractivity contribution >= 4 is 47.4 Å². The van der Waals surface area contributed by atoms with Crippen LogP contribution in [-0.2, 0) is 0 Å². The summed E-state index contributed by atoms with van der Waals surface area (Å²) in [5.41, 5.74) is 0. The van der Waals surface area contributed by atoms with Gasteiger partial charge in [0, 0.05) is 0 Å². The van der Waals surface area contributed by atoms with Crippen LogP contribution < -0.4 is 0 Å². The van der Waals surface area contributed by atoms with Gasteiger partial charge in [0.25, 0.3) is 22.6 Å². The van der Waals surface area contributed by atoms with Crippen molar-refractivity contribution in [1.29, 1.82) is 0 Å². The van der Waals surface area contributed by atoms with Crippen LogP contribution in [0.25, 0.3) is 0 Å². The largest absolute Gasteiger partial charge is 0.389 e. The second-order valence-electron chi connectivity index (χ2n) is 8.08. The van der Waals surface area contributed by atoms with Gasteiger partial charge in [0.2, 0.25) is 0 Å². The van der Waals surface area contributed by atoms with E-state index in [1.807, 2.05) is 0 Å². The summed E-state index contributed by atoms with van der Waals surface area (Å²) < 4.78 is 7.47. The van der Waals surface area contributed by atoms with E-state index in [2.05, 4.69) is 94.7 Å². The van der Waals surface area contributed by atoms with Gasteiger partial charge in [0.15, 0.2) is 0 Å². The highest BCUT2D eigenvalue weighted by molar-refractivity contribution is 6.99. The molecule has 1 fully saturated rings. The van der Waals surface area contributed by atoms with Crippen LogP contribution in [0.1, 0.15) is 0 Å². The summed E-state index contributed by atoms with van der Waals surface area (Å²) >= 11 is 0. The van der Waals surface area contributed by atoms with Crippen molar-refractivity contribution in [2.24, 2.45) is 0 Å². The topological polar surface area (TPSA) is 9.72 Å². The normalized spacial score (nSPS) is 21.2. The molecule has 3 radical (unpaired) electrons. The third-order valence-corrected chi connectivity index (χ3v) is 8.41. The minimum Gasteiger partial charge on any atom is -0.389 e. The molecular weight excluding hydrogens is 267 g/mol. The summed E-state index contributed by atoms with van der Waals surface area (Å²) in [4.78, 5) is 0. The molecule has 0 N–H and O–H groups in total. The summed E-state index contributed by atoms with van der Waals surface area (Å²) in [7, 11) is 3.02. The van der Waals surface area contributed by atoms with Gasteiger partial charge in [-0.05, 0) is 0 Å². The Morgan fingerprint density at radius 3 is 0.722 bits per heavy atom. The maximum Gasteiger partial charge on any atom is 0.275 e. The molecule has 0 aromatic heterocycles. The Morgan fingerprint density at radius 1 is 0.444 bits per heavy atom. The van der Waals surface area contributed by atoms with Gasteiger partial charge in [-0.3, -0.25) is 0 Å². The van der Waals surface area contributed by atoms with Crippen molar-refractivity contribution in [3.05, 3.63) is 0 Å². The molecule has 0 aliphatic carbocycles. The van der Waals surface area contributed by atoms with Gasteiger partial charge in [0.05, 0.1) is 24.7 Å². The van der Waals surface area contributed by atoms with E-state index in [1.165, 1.54) is 0 Å². The van der Waals surface area contributed by atoms with E-state index in [4.69, 9.17) is 0 Å². The lowest BCUT2D eigenvalue weighted by atomic mass is 9.84. The number of hydrogen-bond donors (Lipinski definition) is 0. The maximum atomic E-state index is 2.49. The van der Waals surface area contributed by atoms with E-state index >= 15 is 0 Å². The standard InChI is InChI=1S/C9H27B3N3Si3/c1-16(2,3)13-10-14(17(4,5)6)12-15(11-13)18(7,8)9/h1-9H3. The Hall–Kier alpha value is 0.725. The van der Waals surface area contributed by atoms with Crippen LogP contribution in [0.4, 0.5) is 0 Å². The molecule has 0 amide bonds. The first-order valence-electron chi connectivity index (χ1n) is 6.72. The van der Waals surface area contributed by atoms with Crippen LogP contribution in [-0.4, -0.2) is 60.5 Å². The fourth-order valence-corrected chi connectivity index (χ4v) is 4.70. The highest BCUT2D eigenvalue weighted by atomic mass is 28.3. The van der Waals surface area contributed by atoms with Gasteiger partial charge in [-0.2, -0.15) is 0 Å². The Bertz CT molecular complexity index is 245. The maximum absolute atomic E-state index is 2.49. The summed E-state index contributed by atoms with van der Waals surface area (Å²) in [5.74, 6) is 0. The first kappa shape index (κ1) is 16.8. The van der Waals surface area contributed by atoms with E-state index in [0.29, 0.717) is 0 Å². The Morgan fingerprint density at radius 2 is 0.611 bits per heavy atom. The molecule has 1 rings (SSSR count). The molecule has 0 aromatic rings. The molecule has 3 nitrogen and oxygen atoms in total. The highest BCUT2D eigenvalue weighted by Crippen LogP contribution is 2.20. The molecule has 1 aliphatic rings. The highest BCUT2D eigenvalue weighted by Gasteiger charge is 2.42. The molecule has 9 heteroatoms. The third-order valence-electron chi connectivity index (χ3n) is 3.07. The van der Waals surface area contributed by atoms with Crippen molar-refractivity contribution in [2.75, 3.05) is 0 Å². The lowest BCUT2D eigenvalue weighted by Gasteiger charge is -2.52. The van der Waals surface area contributed by atoms with Gasteiger partial charge in [0.1, 0.15) is 0 Å². The SMILES string of the molecule is C[Si](C)(C)N1[B]N([Si](C)(C)C)[B]N([Si](C)(C)C)[B]1. The molecule has 0 saturated carbocycles. The zero-order valence-electron chi connectivity index (χ0n) is 13.6. The lowest BCUT2D eigenvalue weighted by molar-refractivity contribution is 0.753. The number of rotatable bonds is 3. The average molecular weight is 294 g/mol. The lowest BCUT2D eigenvalue weighted by Crippen LogP contribution is -2.75. The van der Waals surface area contributed by atoms with E-state index in [0.717, 1.165) is 0 Å². The number of nitrogens with zero attached hydrogens (tertiary/aromatic N) is 3. The first-order chi connectivity index (χ1) is 7.82. The monoisotopic (exact) mass is 294 g/mol. The molecular formula is C9H27B3N3Si3. The van der Waals surface area contributed by atoms with E-state index < -0.39 is 24.7 Å². The van der Waals surface area contributed by atoms with Gasteiger partial charge in [-0.15, -0.1) is 0 Å². The van der Waals surface area contributed by atoms with Gasteiger partial charge < -0.3 is 13.2 Å². The average Bonchev–Trinajstić information content (AvgIpc) is 2.13. The molecule has 1 saturated heterocycles. The Balaban J connectivity index is 2.93. The van der Waals surface area contributed by atoms with Crippen LogP contribution in [0.5, 0.6) is 0 Å². The van der Waals surface area contributed by atoms with Crippen molar-refractivity contribution in [3.8, 4) is 0 Å². The second kappa shape index (κ2) is 5.25. The summed E-state index contributed by atoms with van der Waals surface area (Å²) in [5, 5.41) is 0. The third kappa shape index (κ3) is 4.38. The molecule has 0 atom stereocenters. The second-order valence-corrected chi connectivity index (χ2v) is 22.7. The van der Waals surface area contributed by atoms with Gasteiger partial charge in [-0.1, -0.05) is 58.9 Å². The quantitative estimate of drug-likeness (QED) is 0.737. The van der Waals surface area contributed by atoms with E-state index in [-0.39, 0.29) is 0 Å². The smallest absolute Gasteiger partial charge is 0.275 e. The molecule has 1 heterocycles. The fraction of sp³-hybridized carbons (Fsp3) is 1.00. The van der Waals surface area contributed by atoms with Crippen LogP contribution in [0.2, 0.25) is 58.9 Å². The van der Waals surface area contributed by atoms with Gasteiger partial charge in [-0.25, -0.2) is 0 Å². The summed E-state index contributed by atoms with van der Waals surface area (Å²) in [6.07, 6.45) is 0. The molecule has 0 spiro atoms. The molecule has 99 valence electrons. The van der Waals surface area contributed by atoms with Gasteiger partial charge >= 0.3 is 0 Å². The Kier molecular flexibility index (Phi) is 4.90. The molecule has 18 heavy (non-hydrogen) atoms. The zero-order valence-corrected chi connectivity index (χ0v) is 16.6. The van der Waals surface area contributed by atoms with Crippen LogP contribution in [0.3, 0.4) is 0 Å². The first-order valence-corrected chi connectivity index (χ1v) is 17.1. The van der Waals surface area contributed by atoms with Crippen molar-refractivity contribution in [2.45, 2.75) is 58.9 Å². The number of hydrogen-bond acceptors (Lipinski definition) is 3. The predicted octanol–water partition coefficient (Wildman–Crippen LogP) is 2.01.